The Morgan fingerprint density at radius 2 is 1.73 bits per heavy atom. The minimum Gasteiger partial charge on any atom is -0.461 e. The Balaban J connectivity index is 1.61. The van der Waals surface area contributed by atoms with Gasteiger partial charge in [-0.05, 0) is 54.1 Å². The molecule has 0 radical (unpaired) electrons. The Morgan fingerprint density at radius 3 is 2.33 bits per heavy atom. The Morgan fingerprint density at radius 1 is 1.05 bits per heavy atom. The minimum absolute atomic E-state index is 0.0141. The molecule has 5 rings (SSSR count). The number of carbonyl (C=O) groups excluding carboxylic acids is 4. The monoisotopic (exact) mass is 552 g/mol. The number of esters is 3. The molecule has 0 N–H and O–H groups in total. The number of carbonyl (C=O) groups is 4. The highest BCUT2D eigenvalue weighted by Gasteiger charge is 2.71. The predicted molar refractivity (Wildman–Crippen MR) is 145 cm³/mol. The molecule has 8 atom stereocenters. The van der Waals surface area contributed by atoms with E-state index in [0.717, 1.165) is 12.0 Å². The van der Waals surface area contributed by atoms with E-state index in [-0.39, 0.29) is 35.9 Å². The van der Waals surface area contributed by atoms with Crippen molar-refractivity contribution in [3.63, 3.8) is 0 Å². The summed E-state index contributed by atoms with van der Waals surface area (Å²) in [6, 6.07) is 9.25. The van der Waals surface area contributed by atoms with Gasteiger partial charge >= 0.3 is 17.9 Å². The number of allylic oxidation sites excluding steroid dienone is 1. The Labute approximate surface area is 235 Å². The highest BCUT2D eigenvalue weighted by Crippen LogP contribution is 2.64. The maximum absolute atomic E-state index is 14.5. The van der Waals surface area contributed by atoms with Crippen LogP contribution in [0.5, 0.6) is 0 Å². The van der Waals surface area contributed by atoms with Gasteiger partial charge in [-0.3, -0.25) is 19.2 Å². The van der Waals surface area contributed by atoms with Gasteiger partial charge in [-0.25, -0.2) is 0 Å². The highest BCUT2D eigenvalue weighted by molar-refractivity contribution is 6.03. The maximum Gasteiger partial charge on any atom is 0.310 e. The van der Waals surface area contributed by atoms with Crippen LogP contribution in [-0.4, -0.2) is 53.7 Å². The number of hydrogen-bond acceptors (Lipinski definition) is 8. The Bertz CT molecular complexity index is 1230. The molecule has 1 aliphatic heterocycles. The topological polar surface area (TPSA) is 108 Å². The molecule has 1 spiro atoms. The number of rotatable bonds is 5. The van der Waals surface area contributed by atoms with Crippen molar-refractivity contribution in [1.82, 2.24) is 0 Å². The van der Waals surface area contributed by atoms with E-state index in [0.29, 0.717) is 24.5 Å². The lowest BCUT2D eigenvalue weighted by Gasteiger charge is -2.41. The van der Waals surface area contributed by atoms with Crippen LogP contribution in [0.4, 0.5) is 0 Å². The molecule has 1 saturated heterocycles. The van der Waals surface area contributed by atoms with Crippen molar-refractivity contribution in [2.24, 2.45) is 29.1 Å². The first-order valence-electron chi connectivity index (χ1n) is 14.3. The zero-order valence-electron chi connectivity index (χ0n) is 24.2. The van der Waals surface area contributed by atoms with Crippen LogP contribution in [0, 0.1) is 29.1 Å². The third kappa shape index (κ3) is 5.00. The van der Waals surface area contributed by atoms with Crippen molar-refractivity contribution >= 4 is 23.7 Å². The fourth-order valence-corrected chi connectivity index (χ4v) is 7.55. The molecular formula is C32H40O8. The van der Waals surface area contributed by atoms with Crippen LogP contribution in [0.1, 0.15) is 66.4 Å². The predicted octanol–water partition coefficient (Wildman–Crippen LogP) is 4.38. The number of fused-ring (bicyclic) bond motifs is 2. The molecule has 1 aromatic carbocycles. The van der Waals surface area contributed by atoms with Gasteiger partial charge in [0.05, 0.1) is 18.9 Å². The maximum atomic E-state index is 14.5. The molecule has 1 aromatic rings. The summed E-state index contributed by atoms with van der Waals surface area (Å²) in [7, 11) is 0. The summed E-state index contributed by atoms with van der Waals surface area (Å²) in [5, 5.41) is 0. The first-order chi connectivity index (χ1) is 18.8. The standard InChI is InChI=1S/C32H40O8/c1-18-14-24-23(30(24,5)6)12-13-31(17-37-31)29(38-20(3)33)26-27(39-25(35)15-22-10-8-7-9-11-22)19(2)16-32(26,28(18)36)40-21(4)34/h7-11,14,19,23-24,26-27,29H,12-13,15-17H2,1-6H3/t19-,23-,24+,26?,27-,29+,31-,32+/m0/s1. The quantitative estimate of drug-likeness (QED) is 0.301. The van der Waals surface area contributed by atoms with Crippen LogP contribution in [0.3, 0.4) is 0 Å². The van der Waals surface area contributed by atoms with Crippen LogP contribution in [0.15, 0.2) is 42.0 Å². The van der Waals surface area contributed by atoms with Crippen molar-refractivity contribution in [1.29, 1.82) is 0 Å². The van der Waals surface area contributed by atoms with Gasteiger partial charge in [0.25, 0.3) is 0 Å². The first kappa shape index (κ1) is 28.5. The van der Waals surface area contributed by atoms with Crippen molar-refractivity contribution in [2.75, 3.05) is 6.61 Å². The molecule has 8 heteroatoms. The molecule has 40 heavy (non-hydrogen) atoms. The smallest absolute Gasteiger partial charge is 0.310 e. The SMILES string of the molecule is CC(=O)O[C@@H]1C2[C@@H](OC(=O)Cc3ccccc3)[C@@H](C)C[C@]2(OC(C)=O)C(=O)C(C)=C[C@@H]2[C@H](CC[C@]13CO3)C2(C)C. The number of ketones is 1. The second kappa shape index (κ2) is 10.1. The molecule has 0 bridgehead atoms. The molecule has 216 valence electrons. The average molecular weight is 553 g/mol. The fourth-order valence-electron chi connectivity index (χ4n) is 7.55. The largest absolute Gasteiger partial charge is 0.461 e. The van der Waals surface area contributed by atoms with Crippen molar-refractivity contribution < 1.29 is 38.1 Å². The van der Waals surface area contributed by atoms with E-state index in [1.165, 1.54) is 13.8 Å². The molecule has 0 amide bonds. The van der Waals surface area contributed by atoms with Gasteiger partial charge in [0.2, 0.25) is 5.78 Å². The summed E-state index contributed by atoms with van der Waals surface area (Å²) >= 11 is 0. The number of epoxide rings is 1. The normalized spacial score (nSPS) is 37.8. The van der Waals surface area contributed by atoms with Crippen molar-refractivity contribution in [3.8, 4) is 0 Å². The van der Waals surface area contributed by atoms with E-state index < -0.39 is 47.2 Å². The first-order valence-corrected chi connectivity index (χ1v) is 14.3. The molecule has 1 unspecified atom stereocenters. The van der Waals surface area contributed by atoms with Crippen LogP contribution < -0.4 is 0 Å². The highest BCUT2D eigenvalue weighted by atomic mass is 16.6. The van der Waals surface area contributed by atoms with E-state index >= 15 is 0 Å². The molecule has 3 fully saturated rings. The van der Waals surface area contributed by atoms with E-state index in [9.17, 15) is 19.2 Å². The summed E-state index contributed by atoms with van der Waals surface area (Å²) in [5.41, 5.74) is -1.22. The summed E-state index contributed by atoms with van der Waals surface area (Å²) in [6.45, 7) is 11.0. The lowest BCUT2D eigenvalue weighted by Crippen LogP contribution is -2.58. The van der Waals surface area contributed by atoms with Crippen molar-refractivity contribution in [2.45, 2.75) is 90.6 Å². The zero-order chi connectivity index (χ0) is 29.0. The number of hydrogen-bond donors (Lipinski definition) is 0. The number of benzene rings is 1. The Hall–Kier alpha value is -3.00. The molecule has 3 aliphatic carbocycles. The van der Waals surface area contributed by atoms with E-state index in [1.54, 1.807) is 6.92 Å². The average Bonchev–Trinajstić information content (AvgIpc) is 3.73. The van der Waals surface area contributed by atoms with Gasteiger partial charge in [-0.1, -0.05) is 57.2 Å². The lowest BCUT2D eigenvalue weighted by atomic mass is 9.74. The van der Waals surface area contributed by atoms with E-state index in [2.05, 4.69) is 13.8 Å². The molecular weight excluding hydrogens is 512 g/mol. The van der Waals surface area contributed by atoms with Crippen LogP contribution in [0.2, 0.25) is 0 Å². The summed E-state index contributed by atoms with van der Waals surface area (Å²) in [6.07, 6.45) is 1.85. The molecule has 4 aliphatic rings. The van der Waals surface area contributed by atoms with E-state index in [4.69, 9.17) is 18.9 Å². The van der Waals surface area contributed by atoms with Crippen LogP contribution in [0.25, 0.3) is 0 Å². The van der Waals surface area contributed by atoms with Gasteiger partial charge in [0.1, 0.15) is 17.8 Å². The van der Waals surface area contributed by atoms with Gasteiger partial charge in [-0.15, -0.1) is 0 Å². The fraction of sp³-hybridized carbons (Fsp3) is 0.625. The molecule has 0 aromatic heterocycles. The summed E-state index contributed by atoms with van der Waals surface area (Å²) < 4.78 is 24.2. The number of Topliss-reactive ketones (excluding diaryl/α,β-unsaturated/α-hetero) is 1. The van der Waals surface area contributed by atoms with Crippen LogP contribution in [-0.2, 0) is 44.5 Å². The second-order valence-corrected chi connectivity index (χ2v) is 12.9. The van der Waals surface area contributed by atoms with Crippen LogP contribution >= 0.6 is 0 Å². The lowest BCUT2D eigenvalue weighted by molar-refractivity contribution is -0.190. The number of ether oxygens (including phenoxy) is 4. The molecule has 2 saturated carbocycles. The van der Waals surface area contributed by atoms with Gasteiger partial charge < -0.3 is 18.9 Å². The van der Waals surface area contributed by atoms with Crippen molar-refractivity contribution in [3.05, 3.63) is 47.5 Å². The van der Waals surface area contributed by atoms with Gasteiger partial charge in [0, 0.05) is 20.3 Å². The second-order valence-electron chi connectivity index (χ2n) is 12.9. The van der Waals surface area contributed by atoms with E-state index in [1.807, 2.05) is 43.3 Å². The van der Waals surface area contributed by atoms with Gasteiger partial charge in [-0.2, -0.15) is 0 Å². The third-order valence-electron chi connectivity index (χ3n) is 9.71. The molecule has 1 heterocycles. The zero-order valence-corrected chi connectivity index (χ0v) is 24.2. The summed E-state index contributed by atoms with van der Waals surface area (Å²) in [5.74, 6) is -2.72. The van der Waals surface area contributed by atoms with Gasteiger partial charge in [0.15, 0.2) is 5.60 Å². The third-order valence-corrected chi connectivity index (χ3v) is 9.71. The summed E-state index contributed by atoms with van der Waals surface area (Å²) in [4.78, 5) is 52.9. The minimum atomic E-state index is -1.68. The Kier molecular flexibility index (Phi) is 7.22. The molecule has 8 nitrogen and oxygen atoms in total.